The molecule has 0 aliphatic carbocycles. The van der Waals surface area contributed by atoms with Crippen molar-refractivity contribution in [2.45, 2.75) is 0 Å². The Labute approximate surface area is 127 Å². The van der Waals surface area contributed by atoms with Crippen LogP contribution >= 0.6 is 27.5 Å². The van der Waals surface area contributed by atoms with Crippen LogP contribution in [0.2, 0.25) is 5.02 Å². The van der Waals surface area contributed by atoms with Crippen LogP contribution in [0.25, 0.3) is 0 Å². The number of nitro groups is 1. The average molecular weight is 357 g/mol. The highest BCUT2D eigenvalue weighted by atomic mass is 79.9. The standard InChI is InChI=1S/C13H7BrClNO4/c14-13-11(16(18)19)2-1-3-12(13)20-9-5-4-8(7-17)10(15)6-9/h1-7H. The van der Waals surface area contributed by atoms with Gasteiger partial charge in [0.25, 0.3) is 5.69 Å². The Morgan fingerprint density at radius 1 is 1.30 bits per heavy atom. The molecule has 0 spiro atoms. The molecular formula is C13H7BrClNO4. The summed E-state index contributed by atoms with van der Waals surface area (Å²) in [5.41, 5.74) is 0.246. The highest BCUT2D eigenvalue weighted by molar-refractivity contribution is 9.10. The Bertz CT molecular complexity index is 690. The van der Waals surface area contributed by atoms with E-state index in [-0.39, 0.29) is 20.9 Å². The largest absolute Gasteiger partial charge is 0.456 e. The van der Waals surface area contributed by atoms with E-state index in [0.29, 0.717) is 17.6 Å². The molecule has 0 atom stereocenters. The first-order chi connectivity index (χ1) is 9.52. The summed E-state index contributed by atoms with van der Waals surface area (Å²) in [6.45, 7) is 0. The highest BCUT2D eigenvalue weighted by Crippen LogP contribution is 2.37. The van der Waals surface area contributed by atoms with Crippen LogP contribution in [-0.4, -0.2) is 11.2 Å². The van der Waals surface area contributed by atoms with E-state index in [4.69, 9.17) is 16.3 Å². The predicted molar refractivity (Wildman–Crippen MR) is 77.7 cm³/mol. The van der Waals surface area contributed by atoms with Crippen molar-refractivity contribution in [2.75, 3.05) is 0 Å². The number of hydrogen-bond acceptors (Lipinski definition) is 4. The van der Waals surface area contributed by atoms with Crippen LogP contribution in [0.5, 0.6) is 11.5 Å². The van der Waals surface area contributed by atoms with Gasteiger partial charge in [-0.25, -0.2) is 0 Å². The quantitative estimate of drug-likeness (QED) is 0.455. The topological polar surface area (TPSA) is 69.4 Å². The van der Waals surface area contributed by atoms with Gasteiger partial charge < -0.3 is 4.74 Å². The van der Waals surface area contributed by atoms with Crippen LogP contribution in [0.4, 0.5) is 5.69 Å². The van der Waals surface area contributed by atoms with Crippen molar-refractivity contribution in [3.63, 3.8) is 0 Å². The van der Waals surface area contributed by atoms with Crippen LogP contribution in [-0.2, 0) is 0 Å². The molecule has 20 heavy (non-hydrogen) atoms. The van der Waals surface area contributed by atoms with E-state index in [9.17, 15) is 14.9 Å². The van der Waals surface area contributed by atoms with Gasteiger partial charge in [-0.2, -0.15) is 0 Å². The first kappa shape index (κ1) is 14.5. The molecule has 0 fully saturated rings. The fourth-order valence-electron chi connectivity index (χ4n) is 1.51. The smallest absolute Gasteiger partial charge is 0.287 e. The summed E-state index contributed by atoms with van der Waals surface area (Å²) in [5, 5.41) is 11.1. The Hall–Kier alpha value is -1.92. The number of nitro benzene ring substituents is 1. The van der Waals surface area contributed by atoms with Gasteiger partial charge in [-0.1, -0.05) is 17.7 Å². The lowest BCUT2D eigenvalue weighted by atomic mass is 10.2. The van der Waals surface area contributed by atoms with Gasteiger partial charge in [0.05, 0.1) is 9.95 Å². The molecule has 2 rings (SSSR count). The van der Waals surface area contributed by atoms with Crippen molar-refractivity contribution < 1.29 is 14.5 Å². The van der Waals surface area contributed by atoms with Crippen LogP contribution in [0.3, 0.4) is 0 Å². The molecular weight excluding hydrogens is 350 g/mol. The minimum atomic E-state index is -0.514. The van der Waals surface area contributed by atoms with E-state index in [1.54, 1.807) is 12.1 Å². The monoisotopic (exact) mass is 355 g/mol. The maximum atomic E-state index is 10.8. The van der Waals surface area contributed by atoms with E-state index >= 15 is 0 Å². The number of halogens is 2. The summed E-state index contributed by atoms with van der Waals surface area (Å²) in [7, 11) is 0. The number of rotatable bonds is 4. The zero-order valence-corrected chi connectivity index (χ0v) is 12.2. The summed E-state index contributed by atoms with van der Waals surface area (Å²) >= 11 is 9.02. The van der Waals surface area contributed by atoms with Gasteiger partial charge in [-0.3, -0.25) is 14.9 Å². The lowest BCUT2D eigenvalue weighted by Gasteiger charge is -2.08. The number of ether oxygens (including phenoxy) is 1. The molecule has 0 N–H and O–H groups in total. The number of benzene rings is 2. The van der Waals surface area contributed by atoms with Gasteiger partial charge in [0.15, 0.2) is 6.29 Å². The summed E-state index contributed by atoms with van der Waals surface area (Å²) in [6.07, 6.45) is 0.634. The minimum Gasteiger partial charge on any atom is -0.456 e. The lowest BCUT2D eigenvalue weighted by Crippen LogP contribution is -1.92. The van der Waals surface area contributed by atoms with Crippen molar-refractivity contribution in [3.8, 4) is 11.5 Å². The molecule has 0 saturated heterocycles. The number of nitrogens with zero attached hydrogens (tertiary/aromatic N) is 1. The zero-order chi connectivity index (χ0) is 14.7. The van der Waals surface area contributed by atoms with Gasteiger partial charge in [-0.15, -0.1) is 0 Å². The van der Waals surface area contributed by atoms with Crippen LogP contribution in [0.15, 0.2) is 40.9 Å². The molecule has 0 aromatic heterocycles. The number of hydrogen-bond donors (Lipinski definition) is 0. The predicted octanol–water partition coefficient (Wildman–Crippen LogP) is 4.62. The van der Waals surface area contributed by atoms with Gasteiger partial charge in [0.1, 0.15) is 16.0 Å². The molecule has 2 aromatic rings. The molecule has 0 unspecified atom stereocenters. The summed E-state index contributed by atoms with van der Waals surface area (Å²) in [6, 6.07) is 8.99. The second-order valence-corrected chi connectivity index (χ2v) is 4.95. The third-order valence-electron chi connectivity index (χ3n) is 2.47. The maximum absolute atomic E-state index is 10.8. The first-order valence-electron chi connectivity index (χ1n) is 5.38. The molecule has 7 heteroatoms. The van der Waals surface area contributed by atoms with Crippen LogP contribution < -0.4 is 4.74 Å². The molecule has 0 radical (unpaired) electrons. The highest BCUT2D eigenvalue weighted by Gasteiger charge is 2.16. The Kier molecular flexibility index (Phi) is 4.36. The molecule has 0 saturated carbocycles. The zero-order valence-electron chi connectivity index (χ0n) is 9.88. The fraction of sp³-hybridized carbons (Fsp3) is 0. The SMILES string of the molecule is O=Cc1ccc(Oc2cccc([N+](=O)[O-])c2Br)cc1Cl. The first-order valence-corrected chi connectivity index (χ1v) is 6.55. The van der Waals surface area contributed by atoms with Gasteiger partial charge in [-0.05, 0) is 34.1 Å². The van der Waals surface area contributed by atoms with Crippen molar-refractivity contribution in [3.05, 3.63) is 61.6 Å². The van der Waals surface area contributed by atoms with Crippen molar-refractivity contribution >= 4 is 39.5 Å². The maximum Gasteiger partial charge on any atom is 0.287 e. The number of carbonyl (C=O) groups excluding carboxylic acids is 1. The van der Waals surface area contributed by atoms with Gasteiger partial charge >= 0.3 is 0 Å². The van der Waals surface area contributed by atoms with Crippen LogP contribution in [0.1, 0.15) is 10.4 Å². The molecule has 2 aromatic carbocycles. The molecule has 0 amide bonds. The van der Waals surface area contributed by atoms with E-state index < -0.39 is 4.92 Å². The minimum absolute atomic E-state index is 0.0990. The third kappa shape index (κ3) is 2.97. The Morgan fingerprint density at radius 2 is 2.05 bits per heavy atom. The van der Waals surface area contributed by atoms with E-state index in [0.717, 1.165) is 0 Å². The molecule has 0 aliphatic heterocycles. The van der Waals surface area contributed by atoms with Gasteiger partial charge in [0, 0.05) is 17.7 Å². The third-order valence-corrected chi connectivity index (χ3v) is 3.59. The molecule has 0 bridgehead atoms. The van der Waals surface area contributed by atoms with E-state index in [1.807, 2.05) is 0 Å². The van der Waals surface area contributed by atoms with Gasteiger partial charge in [0.2, 0.25) is 0 Å². The normalized spacial score (nSPS) is 10.1. The summed E-state index contributed by atoms with van der Waals surface area (Å²) in [4.78, 5) is 21.0. The van der Waals surface area contributed by atoms with Crippen molar-refractivity contribution in [1.29, 1.82) is 0 Å². The Morgan fingerprint density at radius 3 is 2.65 bits per heavy atom. The van der Waals surface area contributed by atoms with Crippen LogP contribution in [0, 0.1) is 10.1 Å². The number of aldehydes is 1. The van der Waals surface area contributed by atoms with Crippen molar-refractivity contribution in [1.82, 2.24) is 0 Å². The molecule has 102 valence electrons. The second-order valence-electron chi connectivity index (χ2n) is 3.75. The number of carbonyl (C=O) groups is 1. The molecule has 0 heterocycles. The lowest BCUT2D eigenvalue weighted by molar-refractivity contribution is -0.385. The fourth-order valence-corrected chi connectivity index (χ4v) is 2.22. The van der Waals surface area contributed by atoms with E-state index in [2.05, 4.69) is 15.9 Å². The second kappa shape index (κ2) is 6.02. The molecule has 0 aliphatic rings. The summed E-state index contributed by atoms with van der Waals surface area (Å²) < 4.78 is 5.77. The Balaban J connectivity index is 2.35. The average Bonchev–Trinajstić information content (AvgIpc) is 2.41. The van der Waals surface area contributed by atoms with Crippen molar-refractivity contribution in [2.24, 2.45) is 0 Å². The summed E-state index contributed by atoms with van der Waals surface area (Å²) in [5.74, 6) is 0.663. The molecule has 5 nitrogen and oxygen atoms in total. The van der Waals surface area contributed by atoms with E-state index in [1.165, 1.54) is 24.3 Å².